The summed E-state index contributed by atoms with van der Waals surface area (Å²) in [5.74, 6) is 2.70. The Morgan fingerprint density at radius 2 is 1.68 bits per heavy atom. The summed E-state index contributed by atoms with van der Waals surface area (Å²) in [4.78, 5) is 8.95. The molecule has 0 saturated carbocycles. The van der Waals surface area contributed by atoms with Crippen molar-refractivity contribution in [2.75, 3.05) is 17.7 Å². The SMILES string of the molecule is CCCCC(CCC)Nc1nc(C)nc(NC)c1C. The number of rotatable bonds is 8. The number of anilines is 2. The maximum absolute atomic E-state index is 4.55. The standard InChI is InChI=1S/C15H28N4/c1-6-8-10-13(9-7-2)19-15-11(3)14(16-5)17-12(4)18-15/h13H,6-10H2,1-5H3,(H2,16,17,18,19). The Hall–Kier alpha value is -1.32. The lowest BCUT2D eigenvalue weighted by atomic mass is 10.0. The van der Waals surface area contributed by atoms with Gasteiger partial charge in [-0.2, -0.15) is 0 Å². The second-order valence-corrected chi connectivity index (χ2v) is 5.12. The van der Waals surface area contributed by atoms with Gasteiger partial charge in [0.15, 0.2) is 0 Å². The Kier molecular flexibility index (Phi) is 6.60. The van der Waals surface area contributed by atoms with E-state index < -0.39 is 0 Å². The third-order valence-electron chi connectivity index (χ3n) is 3.38. The lowest BCUT2D eigenvalue weighted by Gasteiger charge is -2.21. The summed E-state index contributed by atoms with van der Waals surface area (Å²) in [7, 11) is 1.90. The molecule has 0 saturated heterocycles. The summed E-state index contributed by atoms with van der Waals surface area (Å²) in [6.45, 7) is 8.47. The molecule has 0 spiro atoms. The van der Waals surface area contributed by atoms with Crippen molar-refractivity contribution in [1.29, 1.82) is 0 Å². The Morgan fingerprint density at radius 1 is 1.00 bits per heavy atom. The third kappa shape index (κ3) is 4.69. The normalized spacial score (nSPS) is 12.3. The number of hydrogen-bond acceptors (Lipinski definition) is 4. The molecule has 1 unspecified atom stereocenters. The molecule has 0 aromatic carbocycles. The predicted molar refractivity (Wildman–Crippen MR) is 82.9 cm³/mol. The average molecular weight is 264 g/mol. The molecule has 1 rings (SSSR count). The number of unbranched alkanes of at least 4 members (excludes halogenated alkanes) is 1. The maximum Gasteiger partial charge on any atom is 0.134 e. The zero-order valence-corrected chi connectivity index (χ0v) is 13.0. The molecule has 2 N–H and O–H groups in total. The lowest BCUT2D eigenvalue weighted by molar-refractivity contribution is 0.562. The molecule has 0 radical (unpaired) electrons. The quantitative estimate of drug-likeness (QED) is 0.747. The van der Waals surface area contributed by atoms with Gasteiger partial charge < -0.3 is 10.6 Å². The van der Waals surface area contributed by atoms with Crippen LogP contribution in [0.5, 0.6) is 0 Å². The summed E-state index contributed by atoms with van der Waals surface area (Å²) in [5, 5.41) is 6.74. The topological polar surface area (TPSA) is 49.8 Å². The van der Waals surface area contributed by atoms with E-state index in [-0.39, 0.29) is 0 Å². The minimum absolute atomic E-state index is 0.516. The van der Waals surface area contributed by atoms with Crippen LogP contribution in [0.1, 0.15) is 57.3 Å². The molecule has 1 heterocycles. The van der Waals surface area contributed by atoms with Crippen molar-refractivity contribution in [3.05, 3.63) is 11.4 Å². The number of hydrogen-bond donors (Lipinski definition) is 2. The summed E-state index contributed by atoms with van der Waals surface area (Å²) < 4.78 is 0. The molecule has 1 atom stereocenters. The second kappa shape index (κ2) is 7.97. The molecule has 0 aliphatic carbocycles. The van der Waals surface area contributed by atoms with Gasteiger partial charge in [-0.05, 0) is 26.7 Å². The van der Waals surface area contributed by atoms with Crippen LogP contribution in [0.3, 0.4) is 0 Å². The minimum Gasteiger partial charge on any atom is -0.373 e. The van der Waals surface area contributed by atoms with E-state index in [1.165, 1.54) is 32.1 Å². The van der Waals surface area contributed by atoms with Crippen LogP contribution in [0.25, 0.3) is 0 Å². The van der Waals surface area contributed by atoms with E-state index in [1.807, 2.05) is 14.0 Å². The van der Waals surface area contributed by atoms with E-state index in [0.29, 0.717) is 6.04 Å². The Morgan fingerprint density at radius 3 is 2.26 bits per heavy atom. The molecule has 4 nitrogen and oxygen atoms in total. The second-order valence-electron chi connectivity index (χ2n) is 5.12. The summed E-state index contributed by atoms with van der Waals surface area (Å²) in [5.41, 5.74) is 1.10. The molecule has 108 valence electrons. The molecule has 4 heteroatoms. The van der Waals surface area contributed by atoms with Gasteiger partial charge in [0.1, 0.15) is 17.5 Å². The van der Waals surface area contributed by atoms with Gasteiger partial charge in [0, 0.05) is 18.7 Å². The highest BCUT2D eigenvalue weighted by Gasteiger charge is 2.12. The monoisotopic (exact) mass is 264 g/mol. The first-order valence-corrected chi connectivity index (χ1v) is 7.41. The van der Waals surface area contributed by atoms with E-state index >= 15 is 0 Å². The van der Waals surface area contributed by atoms with Gasteiger partial charge >= 0.3 is 0 Å². The van der Waals surface area contributed by atoms with Crippen LogP contribution < -0.4 is 10.6 Å². The van der Waals surface area contributed by atoms with Crippen LogP contribution in [-0.4, -0.2) is 23.1 Å². The van der Waals surface area contributed by atoms with Crippen molar-refractivity contribution in [3.63, 3.8) is 0 Å². The third-order valence-corrected chi connectivity index (χ3v) is 3.38. The van der Waals surface area contributed by atoms with Crippen LogP contribution in [0.2, 0.25) is 0 Å². The summed E-state index contributed by atoms with van der Waals surface area (Å²) in [6.07, 6.45) is 6.10. The van der Waals surface area contributed by atoms with E-state index in [1.54, 1.807) is 0 Å². The van der Waals surface area contributed by atoms with Crippen molar-refractivity contribution in [2.45, 2.75) is 65.8 Å². The number of aryl methyl sites for hydroxylation is 1. The fourth-order valence-corrected chi connectivity index (χ4v) is 2.29. The van der Waals surface area contributed by atoms with E-state index in [2.05, 4.69) is 41.4 Å². The molecule has 0 amide bonds. The first kappa shape index (κ1) is 15.7. The van der Waals surface area contributed by atoms with Gasteiger partial charge in [-0.1, -0.05) is 33.1 Å². The number of nitrogens with one attached hydrogen (secondary N) is 2. The molecule has 1 aromatic heterocycles. The van der Waals surface area contributed by atoms with Crippen molar-refractivity contribution < 1.29 is 0 Å². The highest BCUT2D eigenvalue weighted by molar-refractivity contribution is 5.57. The zero-order chi connectivity index (χ0) is 14.3. The van der Waals surface area contributed by atoms with E-state index in [0.717, 1.165) is 23.0 Å². The first-order valence-electron chi connectivity index (χ1n) is 7.41. The van der Waals surface area contributed by atoms with Gasteiger partial charge in [-0.25, -0.2) is 9.97 Å². The highest BCUT2D eigenvalue weighted by Crippen LogP contribution is 2.22. The van der Waals surface area contributed by atoms with Crippen molar-refractivity contribution >= 4 is 11.6 Å². The maximum atomic E-state index is 4.55. The molecule has 0 bridgehead atoms. The summed E-state index contributed by atoms with van der Waals surface area (Å²) >= 11 is 0. The fourth-order valence-electron chi connectivity index (χ4n) is 2.29. The van der Waals surface area contributed by atoms with Gasteiger partial charge in [-0.3, -0.25) is 0 Å². The Labute approximate surface area is 117 Å². The molecule has 0 aliphatic rings. The van der Waals surface area contributed by atoms with Gasteiger partial charge in [0.05, 0.1) is 0 Å². The first-order chi connectivity index (χ1) is 9.12. The van der Waals surface area contributed by atoms with Gasteiger partial charge in [-0.15, -0.1) is 0 Å². The van der Waals surface area contributed by atoms with Crippen molar-refractivity contribution in [3.8, 4) is 0 Å². The van der Waals surface area contributed by atoms with Crippen LogP contribution in [-0.2, 0) is 0 Å². The molecule has 1 aromatic rings. The van der Waals surface area contributed by atoms with Crippen LogP contribution in [0.4, 0.5) is 11.6 Å². The van der Waals surface area contributed by atoms with E-state index in [4.69, 9.17) is 0 Å². The van der Waals surface area contributed by atoms with E-state index in [9.17, 15) is 0 Å². The highest BCUT2D eigenvalue weighted by atomic mass is 15.1. The molecule has 0 aliphatic heterocycles. The van der Waals surface area contributed by atoms with Crippen LogP contribution >= 0.6 is 0 Å². The smallest absolute Gasteiger partial charge is 0.134 e. The lowest BCUT2D eigenvalue weighted by Crippen LogP contribution is -2.21. The fraction of sp³-hybridized carbons (Fsp3) is 0.733. The number of nitrogens with zero attached hydrogens (tertiary/aromatic N) is 2. The molecule has 0 fully saturated rings. The zero-order valence-electron chi connectivity index (χ0n) is 13.0. The Bertz CT molecular complexity index is 390. The van der Waals surface area contributed by atoms with Gasteiger partial charge in [0.2, 0.25) is 0 Å². The van der Waals surface area contributed by atoms with Crippen LogP contribution in [0.15, 0.2) is 0 Å². The summed E-state index contributed by atoms with van der Waals surface area (Å²) in [6, 6.07) is 0.516. The van der Waals surface area contributed by atoms with Crippen molar-refractivity contribution in [1.82, 2.24) is 9.97 Å². The average Bonchev–Trinajstić information content (AvgIpc) is 2.39. The predicted octanol–water partition coefficient (Wildman–Crippen LogP) is 3.91. The van der Waals surface area contributed by atoms with Crippen molar-refractivity contribution in [2.24, 2.45) is 0 Å². The van der Waals surface area contributed by atoms with Gasteiger partial charge in [0.25, 0.3) is 0 Å². The minimum atomic E-state index is 0.516. The molecular weight excluding hydrogens is 236 g/mol. The Balaban J connectivity index is 2.85. The van der Waals surface area contributed by atoms with Crippen LogP contribution in [0, 0.1) is 13.8 Å². The molecule has 19 heavy (non-hydrogen) atoms. The molecular formula is C15H28N4. The largest absolute Gasteiger partial charge is 0.373 e. The number of aromatic nitrogens is 2.